The van der Waals surface area contributed by atoms with Crippen LogP contribution in [0.1, 0.15) is 0 Å². The Bertz CT molecular complexity index is 131. The molecule has 6 heteroatoms. The van der Waals surface area contributed by atoms with E-state index < -0.39 is 4.00 Å². The van der Waals surface area contributed by atoms with Crippen molar-refractivity contribution in [3.05, 3.63) is 0 Å². The van der Waals surface area contributed by atoms with E-state index in [9.17, 15) is 0 Å². The Hall–Kier alpha value is 0.450. The first-order valence-electron chi connectivity index (χ1n) is 1.72. The molecule has 0 fully saturated rings. The van der Waals surface area contributed by atoms with E-state index in [2.05, 4.69) is 28.2 Å². The van der Waals surface area contributed by atoms with Gasteiger partial charge in [0.1, 0.15) is 0 Å². The first-order chi connectivity index (χ1) is 3.77. The summed E-state index contributed by atoms with van der Waals surface area (Å²) in [5.41, 5.74) is 5.47. The third-order valence-electron chi connectivity index (χ3n) is 0.555. The van der Waals surface area contributed by atoms with Crippen molar-refractivity contribution in [1.29, 1.82) is 0 Å². The Morgan fingerprint density at radius 1 is 1.75 bits per heavy atom. The summed E-state index contributed by atoms with van der Waals surface area (Å²) in [5, 5.41) is 7.13. The van der Waals surface area contributed by atoms with E-state index in [1.54, 1.807) is 0 Å². The molecule has 1 unspecified atom stereocenters. The van der Waals surface area contributed by atoms with Crippen LogP contribution in [0.25, 0.3) is 0 Å². The van der Waals surface area contributed by atoms with Gasteiger partial charge in [-0.15, -0.1) is 0 Å². The molecule has 4 nitrogen and oxygen atoms in total. The summed E-state index contributed by atoms with van der Waals surface area (Å²) in [5.74, 6) is 0. The van der Waals surface area contributed by atoms with Crippen LogP contribution in [0.5, 0.6) is 0 Å². The molecule has 49 valence electrons. The van der Waals surface area contributed by atoms with Gasteiger partial charge in [0, 0.05) is 0 Å². The van der Waals surface area contributed by atoms with Crippen molar-refractivity contribution in [2.75, 3.05) is 0 Å². The fourth-order valence-corrected chi connectivity index (χ4v) is 1.20. The Balaban J connectivity index is 2.69. The van der Waals surface area contributed by atoms with Crippen LogP contribution in [0.4, 0.5) is 0 Å². The predicted molar refractivity (Wildman–Crippen MR) is 29.2 cm³/mol. The second-order valence-electron chi connectivity index (χ2n) is 1.10. The first-order valence-corrected chi connectivity index (χ1v) is 5.85. The zero-order chi connectivity index (χ0) is 6.04. The molecule has 0 radical (unpaired) electrons. The zero-order valence-electron chi connectivity index (χ0n) is 3.68. The normalized spacial score (nSPS) is 34.8. The van der Waals surface area contributed by atoms with Gasteiger partial charge in [0.2, 0.25) is 0 Å². The molecule has 0 aromatic carbocycles. The van der Waals surface area contributed by atoms with Gasteiger partial charge in [0.15, 0.2) is 0 Å². The molecule has 0 aromatic rings. The molecule has 1 rings (SSSR count). The number of azo groups is 1. The van der Waals surface area contributed by atoms with E-state index in [0.717, 1.165) is 0 Å². The van der Waals surface area contributed by atoms with Crippen molar-refractivity contribution in [2.24, 2.45) is 21.0 Å². The van der Waals surface area contributed by atoms with Crippen LogP contribution < -0.4 is 5.73 Å². The van der Waals surface area contributed by atoms with E-state index in [1.165, 1.54) is 6.34 Å². The van der Waals surface area contributed by atoms with Gasteiger partial charge in [0.05, 0.1) is 0 Å². The molecule has 0 spiro atoms. The average Bonchev–Trinajstić information content (AvgIpc) is 2.17. The SMILES string of the molecule is N[C]1([Ag][Br])N=CN=N1. The molecular formula is C2H3AgBrN4. The molecule has 0 amide bonds. The van der Waals surface area contributed by atoms with Gasteiger partial charge in [-0.05, 0) is 0 Å². The maximum absolute atomic E-state index is 5.47. The van der Waals surface area contributed by atoms with Gasteiger partial charge < -0.3 is 0 Å². The Morgan fingerprint density at radius 3 is 2.75 bits per heavy atom. The van der Waals surface area contributed by atoms with E-state index in [1.807, 2.05) is 0 Å². The minimum absolute atomic E-state index is 0.279. The van der Waals surface area contributed by atoms with Crippen LogP contribution in [-0.4, -0.2) is 10.3 Å². The number of hydrogen-bond donors (Lipinski definition) is 1. The van der Waals surface area contributed by atoms with Crippen molar-refractivity contribution in [3.8, 4) is 0 Å². The van der Waals surface area contributed by atoms with Gasteiger partial charge in [-0.3, -0.25) is 0 Å². The molecular weight excluding hydrogens is 268 g/mol. The van der Waals surface area contributed by atoms with Crippen LogP contribution in [0.15, 0.2) is 15.2 Å². The van der Waals surface area contributed by atoms with E-state index in [0.29, 0.717) is 0 Å². The molecule has 8 heavy (non-hydrogen) atoms. The number of hydrogen-bond acceptors (Lipinski definition) is 4. The standard InChI is InChI=1S/C2H3N4.Ag.BrH/c3-2-4-1-5-6-2;;/h1H,3H2;;1H/q;+1;/p-1. The summed E-state index contributed by atoms with van der Waals surface area (Å²) in [6, 6.07) is 0. The fourth-order valence-electron chi connectivity index (χ4n) is 0.257. The molecule has 1 aliphatic heterocycles. The van der Waals surface area contributed by atoms with E-state index in [-0.39, 0.29) is 17.6 Å². The van der Waals surface area contributed by atoms with Crippen LogP contribution in [0.2, 0.25) is 0 Å². The molecule has 0 bridgehead atoms. The molecule has 2 N–H and O–H groups in total. The second-order valence-corrected chi connectivity index (χ2v) is 3.88. The maximum atomic E-state index is 5.47. The molecule has 0 saturated carbocycles. The number of halogens is 1. The molecule has 1 atom stereocenters. The molecule has 0 aromatic heterocycles. The summed E-state index contributed by atoms with van der Waals surface area (Å²) in [7, 11) is 0. The fraction of sp³-hybridized carbons (Fsp3) is 0.500. The Kier molecular flexibility index (Phi) is 1.94. The summed E-state index contributed by atoms with van der Waals surface area (Å²) >= 11 is 3.45. The quantitative estimate of drug-likeness (QED) is 0.691. The Labute approximate surface area is 61.9 Å². The Morgan fingerprint density at radius 2 is 2.50 bits per heavy atom. The molecule has 0 aliphatic carbocycles. The van der Waals surface area contributed by atoms with Crippen molar-refractivity contribution >= 4 is 19.4 Å². The summed E-state index contributed by atoms with van der Waals surface area (Å²) in [6.45, 7) is 0. The topological polar surface area (TPSA) is 63.1 Å². The van der Waals surface area contributed by atoms with Crippen molar-refractivity contribution < 1.29 is 17.6 Å². The van der Waals surface area contributed by atoms with Crippen molar-refractivity contribution in [2.45, 2.75) is 4.00 Å². The van der Waals surface area contributed by atoms with Crippen LogP contribution in [-0.2, 0) is 17.6 Å². The van der Waals surface area contributed by atoms with Gasteiger partial charge in [0.25, 0.3) is 0 Å². The second kappa shape index (κ2) is 2.36. The molecule has 0 saturated heterocycles. The average molecular weight is 271 g/mol. The summed E-state index contributed by atoms with van der Waals surface area (Å²) < 4.78 is -0.789. The van der Waals surface area contributed by atoms with Crippen molar-refractivity contribution in [3.63, 3.8) is 0 Å². The van der Waals surface area contributed by atoms with Crippen LogP contribution in [0.3, 0.4) is 0 Å². The summed E-state index contributed by atoms with van der Waals surface area (Å²) in [6.07, 6.45) is 1.36. The summed E-state index contributed by atoms with van der Waals surface area (Å²) in [4.78, 5) is 3.77. The monoisotopic (exact) mass is 269 g/mol. The predicted octanol–water partition coefficient (Wildman–Crippen LogP) is 0.443. The van der Waals surface area contributed by atoms with E-state index in [4.69, 9.17) is 5.73 Å². The zero-order valence-corrected chi connectivity index (χ0v) is 6.74. The number of nitrogens with two attached hydrogens (primary N) is 1. The molecule has 1 aliphatic rings. The molecule has 1 heterocycles. The van der Waals surface area contributed by atoms with Gasteiger partial charge >= 0.3 is 61.9 Å². The number of rotatable bonds is 1. The third-order valence-corrected chi connectivity index (χ3v) is 3.39. The van der Waals surface area contributed by atoms with Gasteiger partial charge in [-0.1, -0.05) is 0 Å². The van der Waals surface area contributed by atoms with E-state index >= 15 is 0 Å². The first kappa shape index (κ1) is 6.57. The third kappa shape index (κ3) is 1.24. The van der Waals surface area contributed by atoms with Crippen LogP contribution >= 0.6 is 13.0 Å². The number of aliphatic imine (C=N–C) groups is 1. The van der Waals surface area contributed by atoms with Crippen LogP contribution in [0, 0.1) is 0 Å². The minimum atomic E-state index is -0.789. The number of nitrogens with zero attached hydrogens (tertiary/aromatic N) is 3. The van der Waals surface area contributed by atoms with Crippen molar-refractivity contribution in [1.82, 2.24) is 0 Å². The van der Waals surface area contributed by atoms with Gasteiger partial charge in [-0.2, -0.15) is 0 Å². The van der Waals surface area contributed by atoms with Gasteiger partial charge in [-0.25, -0.2) is 0 Å².